The summed E-state index contributed by atoms with van der Waals surface area (Å²) in [6.45, 7) is 1.96. The molecule has 0 heterocycles. The lowest BCUT2D eigenvalue weighted by atomic mass is 10.1. The fourth-order valence-corrected chi connectivity index (χ4v) is 3.33. The van der Waals surface area contributed by atoms with Gasteiger partial charge in [-0.1, -0.05) is 6.07 Å². The van der Waals surface area contributed by atoms with E-state index < -0.39 is 0 Å². The first-order valence-corrected chi connectivity index (χ1v) is 9.89. The average molecular weight is 595 g/mol. The molecule has 0 unspecified atom stereocenters. The van der Waals surface area contributed by atoms with Crippen molar-refractivity contribution in [3.8, 4) is 5.75 Å². The Kier molecular flexibility index (Phi) is 7.58. The smallest absolute Gasteiger partial charge is 0.269 e. The second kappa shape index (κ2) is 9.46. The Bertz CT molecular complexity index is 874. The second-order valence-electron chi connectivity index (χ2n) is 5.18. The minimum absolute atomic E-state index is 0.00198. The Labute approximate surface area is 183 Å². The quantitative estimate of drug-likeness (QED) is 0.289. The Morgan fingerprint density at radius 1 is 0.962 bits per heavy atom. The largest absolute Gasteiger partial charge is 0.496 e. The molecule has 9 heteroatoms. The van der Waals surface area contributed by atoms with Gasteiger partial charge in [0, 0.05) is 14.7 Å². The van der Waals surface area contributed by atoms with Crippen molar-refractivity contribution in [3.63, 3.8) is 0 Å². The zero-order chi connectivity index (χ0) is 19.3. The molecule has 0 aliphatic carbocycles. The lowest BCUT2D eigenvalue weighted by Crippen LogP contribution is -2.48. The minimum atomic E-state index is -0.382. The summed E-state index contributed by atoms with van der Waals surface area (Å²) in [5.41, 5.74) is 6.98. The molecule has 0 spiro atoms. The van der Waals surface area contributed by atoms with E-state index in [-0.39, 0.29) is 16.9 Å². The third-order valence-corrected chi connectivity index (χ3v) is 5.57. The van der Waals surface area contributed by atoms with E-state index in [1.807, 2.05) is 13.0 Å². The molecule has 2 amide bonds. The fraction of sp³-hybridized carbons (Fsp3) is 0.118. The lowest BCUT2D eigenvalue weighted by Gasteiger charge is -2.12. The monoisotopic (exact) mass is 595 g/mol. The summed E-state index contributed by atoms with van der Waals surface area (Å²) >= 11 is 9.28. The number of carbonyl (C=O) groups is 2. The molecule has 6 nitrogen and oxygen atoms in total. The van der Waals surface area contributed by atoms with Gasteiger partial charge in [-0.15, -0.1) is 0 Å². The fourth-order valence-electron chi connectivity index (χ4n) is 1.93. The van der Waals surface area contributed by atoms with Crippen molar-refractivity contribution in [2.75, 3.05) is 7.11 Å². The van der Waals surface area contributed by atoms with Gasteiger partial charge in [-0.05, 0) is 100 Å². The molecule has 0 radical (unpaired) electrons. The number of carbonyl (C=O) groups excluding carboxylic acids is 2. The van der Waals surface area contributed by atoms with Crippen LogP contribution in [0.25, 0.3) is 0 Å². The number of hydrazine groups is 1. The van der Waals surface area contributed by atoms with Gasteiger partial charge in [-0.2, -0.15) is 0 Å². The molecular weight excluding hydrogens is 580 g/mol. The highest BCUT2D eigenvalue weighted by atomic mass is 127. The molecule has 2 aromatic rings. The van der Waals surface area contributed by atoms with Crippen LogP contribution < -0.4 is 20.9 Å². The molecular formula is C17H15I2N3O3S. The number of hydrogen-bond acceptors (Lipinski definition) is 4. The van der Waals surface area contributed by atoms with Gasteiger partial charge in [0.15, 0.2) is 5.11 Å². The number of amides is 2. The van der Waals surface area contributed by atoms with Gasteiger partial charge in [0.1, 0.15) is 5.75 Å². The van der Waals surface area contributed by atoms with Gasteiger partial charge in [0.25, 0.3) is 11.8 Å². The van der Waals surface area contributed by atoms with Crippen LogP contribution in [-0.4, -0.2) is 24.0 Å². The number of halogens is 2. The van der Waals surface area contributed by atoms with Crippen molar-refractivity contribution in [2.24, 2.45) is 0 Å². The van der Waals surface area contributed by atoms with Crippen LogP contribution >= 0.6 is 57.4 Å². The maximum Gasteiger partial charge on any atom is 0.269 e. The van der Waals surface area contributed by atoms with Gasteiger partial charge in [-0.25, -0.2) is 0 Å². The number of nitrogens with one attached hydrogen (secondary N) is 3. The number of methoxy groups -OCH3 is 1. The van der Waals surface area contributed by atoms with E-state index in [4.69, 9.17) is 17.0 Å². The number of aryl methyl sites for hydroxylation is 1. The molecule has 2 aromatic carbocycles. The highest BCUT2D eigenvalue weighted by molar-refractivity contribution is 14.1. The number of rotatable bonds is 3. The molecule has 0 saturated heterocycles. The molecule has 0 saturated carbocycles. The Balaban J connectivity index is 1.91. The number of ether oxygens (including phenoxy) is 1. The summed E-state index contributed by atoms with van der Waals surface area (Å²) in [6.07, 6.45) is 0. The van der Waals surface area contributed by atoms with Gasteiger partial charge < -0.3 is 4.74 Å². The summed E-state index contributed by atoms with van der Waals surface area (Å²) in [6, 6.07) is 10.4. The number of benzene rings is 2. The standard InChI is InChI=1S/C17H15I2N3O3S/c1-9-3-4-10(7-12(9)18)15(23)20-17(26)22-21-16(24)11-5-6-14(25-2)13(19)8-11/h3-8H,1-2H3,(H,21,24)(H2,20,22,23,26). The van der Waals surface area contributed by atoms with Crippen molar-refractivity contribution in [1.82, 2.24) is 16.2 Å². The van der Waals surface area contributed by atoms with Crippen LogP contribution in [0.15, 0.2) is 36.4 Å². The van der Waals surface area contributed by atoms with Crippen LogP contribution in [-0.2, 0) is 0 Å². The van der Waals surface area contributed by atoms with Crippen molar-refractivity contribution in [2.45, 2.75) is 6.92 Å². The normalized spacial score (nSPS) is 10.0. The van der Waals surface area contributed by atoms with E-state index in [9.17, 15) is 9.59 Å². The van der Waals surface area contributed by atoms with Crippen LogP contribution in [0, 0.1) is 14.1 Å². The van der Waals surface area contributed by atoms with E-state index in [0.717, 1.165) is 12.7 Å². The molecule has 0 fully saturated rings. The topological polar surface area (TPSA) is 79.5 Å². The number of hydrogen-bond donors (Lipinski definition) is 3. The maximum absolute atomic E-state index is 12.2. The van der Waals surface area contributed by atoms with Crippen LogP contribution in [0.2, 0.25) is 0 Å². The molecule has 0 atom stereocenters. The predicted molar refractivity (Wildman–Crippen MR) is 120 cm³/mol. The molecule has 136 valence electrons. The molecule has 0 bridgehead atoms. The maximum atomic E-state index is 12.2. The molecule has 0 aliphatic rings. The predicted octanol–water partition coefficient (Wildman–Crippen LogP) is 3.16. The van der Waals surface area contributed by atoms with Gasteiger partial charge in [0.05, 0.1) is 10.7 Å². The Hall–Kier alpha value is -1.47. The summed E-state index contributed by atoms with van der Waals surface area (Å²) < 4.78 is 6.95. The third kappa shape index (κ3) is 5.51. The first-order valence-electron chi connectivity index (χ1n) is 7.33. The third-order valence-electron chi connectivity index (χ3n) is 3.36. The molecule has 3 N–H and O–H groups in total. The minimum Gasteiger partial charge on any atom is -0.496 e. The molecule has 0 aromatic heterocycles. The van der Waals surface area contributed by atoms with Crippen LogP contribution in [0.1, 0.15) is 26.3 Å². The van der Waals surface area contributed by atoms with E-state index in [1.165, 1.54) is 0 Å². The van der Waals surface area contributed by atoms with E-state index in [0.29, 0.717) is 16.9 Å². The Morgan fingerprint density at radius 3 is 2.19 bits per heavy atom. The SMILES string of the molecule is COc1ccc(C(=O)NNC(=S)NC(=O)c2ccc(C)c(I)c2)cc1I. The van der Waals surface area contributed by atoms with Gasteiger partial charge in [-0.3, -0.25) is 25.8 Å². The number of thiocarbonyl (C=S) groups is 1. The van der Waals surface area contributed by atoms with E-state index in [2.05, 4.69) is 61.4 Å². The van der Waals surface area contributed by atoms with Crippen LogP contribution in [0.5, 0.6) is 5.75 Å². The van der Waals surface area contributed by atoms with Gasteiger partial charge in [0.2, 0.25) is 0 Å². The summed E-state index contributed by atoms with van der Waals surface area (Å²) in [5.74, 6) is -0.0497. The highest BCUT2D eigenvalue weighted by Gasteiger charge is 2.11. The van der Waals surface area contributed by atoms with Crippen molar-refractivity contribution in [1.29, 1.82) is 0 Å². The summed E-state index contributed by atoms with van der Waals surface area (Å²) in [7, 11) is 1.56. The molecule has 0 aliphatic heterocycles. The van der Waals surface area contributed by atoms with Crippen molar-refractivity contribution < 1.29 is 14.3 Å². The zero-order valence-corrected chi connectivity index (χ0v) is 19.0. The summed E-state index contributed by atoms with van der Waals surface area (Å²) in [4.78, 5) is 24.3. The Morgan fingerprint density at radius 2 is 1.58 bits per heavy atom. The average Bonchev–Trinajstić information content (AvgIpc) is 2.61. The summed E-state index contributed by atoms with van der Waals surface area (Å²) in [5, 5.41) is 2.52. The van der Waals surface area contributed by atoms with Crippen molar-refractivity contribution >= 4 is 74.3 Å². The van der Waals surface area contributed by atoms with Crippen LogP contribution in [0.3, 0.4) is 0 Å². The van der Waals surface area contributed by atoms with Gasteiger partial charge >= 0.3 is 0 Å². The molecule has 2 rings (SSSR count). The van der Waals surface area contributed by atoms with Crippen LogP contribution in [0.4, 0.5) is 0 Å². The van der Waals surface area contributed by atoms with Crippen molar-refractivity contribution in [3.05, 3.63) is 60.2 Å². The van der Waals surface area contributed by atoms with E-state index >= 15 is 0 Å². The van der Waals surface area contributed by atoms with E-state index in [1.54, 1.807) is 37.4 Å². The second-order valence-corrected chi connectivity index (χ2v) is 7.91. The first kappa shape index (κ1) is 20.8. The highest BCUT2D eigenvalue weighted by Crippen LogP contribution is 2.21. The first-order chi connectivity index (χ1) is 12.3. The lowest BCUT2D eigenvalue weighted by molar-refractivity contribution is 0.0934. The molecule has 26 heavy (non-hydrogen) atoms. The zero-order valence-electron chi connectivity index (χ0n) is 13.9.